The summed E-state index contributed by atoms with van der Waals surface area (Å²) in [6.07, 6.45) is 7.86. The molecule has 3 rings (SSSR count). The van der Waals surface area contributed by atoms with Gasteiger partial charge in [0.15, 0.2) is 0 Å². The predicted molar refractivity (Wildman–Crippen MR) is 97.5 cm³/mol. The Labute approximate surface area is 153 Å². The number of hydrogen-bond donors (Lipinski definition) is 1. The molecule has 0 saturated carbocycles. The Morgan fingerprint density at radius 3 is 2.54 bits per heavy atom. The molecule has 4 unspecified atom stereocenters. The minimum absolute atomic E-state index is 0.0489. The van der Waals surface area contributed by atoms with Gasteiger partial charge >= 0.3 is 12.1 Å². The Bertz CT molecular complexity index is 741. The first-order chi connectivity index (χ1) is 12.5. The lowest BCUT2D eigenvalue weighted by Gasteiger charge is -2.23. The number of carbonyl (C=O) groups is 2. The normalized spacial score (nSPS) is 24.1. The summed E-state index contributed by atoms with van der Waals surface area (Å²) in [4.78, 5) is 23.2. The van der Waals surface area contributed by atoms with Crippen molar-refractivity contribution in [3.05, 3.63) is 59.7 Å². The molecule has 1 N–H and O–H groups in total. The molecule has 26 heavy (non-hydrogen) atoms. The Hall–Kier alpha value is -2.43. The van der Waals surface area contributed by atoms with E-state index in [9.17, 15) is 14.0 Å². The lowest BCUT2D eigenvalue weighted by Crippen LogP contribution is -2.41. The molecule has 0 radical (unpaired) electrons. The summed E-state index contributed by atoms with van der Waals surface area (Å²) in [6, 6.07) is 5.48. The largest absolute Gasteiger partial charge is 0.449 e. The van der Waals surface area contributed by atoms with Crippen LogP contribution in [0.1, 0.15) is 43.2 Å². The molecular formula is C21H24FNO3. The van der Waals surface area contributed by atoms with Crippen molar-refractivity contribution in [2.45, 2.75) is 38.1 Å². The number of benzene rings is 1. The van der Waals surface area contributed by atoms with E-state index in [4.69, 9.17) is 4.74 Å². The molecule has 1 amide bonds. The van der Waals surface area contributed by atoms with Gasteiger partial charge in [-0.15, -0.1) is 0 Å². The molecule has 0 bridgehead atoms. The van der Waals surface area contributed by atoms with Crippen molar-refractivity contribution in [2.75, 3.05) is 6.61 Å². The Morgan fingerprint density at radius 2 is 1.85 bits per heavy atom. The van der Waals surface area contributed by atoms with E-state index in [0.29, 0.717) is 0 Å². The highest BCUT2D eigenvalue weighted by Gasteiger charge is 2.39. The van der Waals surface area contributed by atoms with Crippen LogP contribution >= 0.6 is 0 Å². The van der Waals surface area contributed by atoms with Crippen LogP contribution in [0, 0.1) is 11.8 Å². The van der Waals surface area contributed by atoms with E-state index < -0.39 is 18.2 Å². The quantitative estimate of drug-likeness (QED) is 0.775. The van der Waals surface area contributed by atoms with E-state index in [2.05, 4.69) is 29.6 Å². The van der Waals surface area contributed by atoms with Crippen molar-refractivity contribution >= 4 is 12.1 Å². The maximum atomic E-state index is 13.1. The van der Waals surface area contributed by atoms with E-state index in [1.54, 1.807) is 0 Å². The zero-order chi connectivity index (χ0) is 18.7. The fourth-order valence-electron chi connectivity index (χ4n) is 3.91. The summed E-state index contributed by atoms with van der Waals surface area (Å²) >= 11 is 0. The number of amides is 1. The fourth-order valence-corrected chi connectivity index (χ4v) is 3.91. The van der Waals surface area contributed by atoms with E-state index in [1.165, 1.54) is 11.1 Å². The molecule has 0 fully saturated rings. The molecule has 0 spiro atoms. The van der Waals surface area contributed by atoms with Gasteiger partial charge in [-0.3, -0.25) is 4.79 Å². The van der Waals surface area contributed by atoms with Crippen LogP contribution in [0.4, 0.5) is 9.18 Å². The number of halogens is 1. The number of allylic oxidation sites excluding steroid dienone is 4. The molecule has 4 atom stereocenters. The lowest BCUT2D eigenvalue weighted by molar-refractivity contribution is -0.131. The highest BCUT2D eigenvalue weighted by atomic mass is 19.1. The third-order valence-electron chi connectivity index (χ3n) is 5.06. The number of alkyl carbamates (subject to hydrolysis) is 1. The first kappa shape index (κ1) is 18.4. The van der Waals surface area contributed by atoms with Crippen molar-refractivity contribution in [1.82, 2.24) is 5.32 Å². The second kappa shape index (κ2) is 7.85. The zero-order valence-electron chi connectivity index (χ0n) is 15.0. The van der Waals surface area contributed by atoms with Gasteiger partial charge < -0.3 is 10.1 Å². The predicted octanol–water partition coefficient (Wildman–Crippen LogP) is 4.25. The third-order valence-corrected chi connectivity index (χ3v) is 5.06. The van der Waals surface area contributed by atoms with Crippen LogP contribution in [-0.2, 0) is 9.53 Å². The first-order valence-corrected chi connectivity index (χ1v) is 9.03. The maximum absolute atomic E-state index is 13.1. The van der Waals surface area contributed by atoms with Gasteiger partial charge in [0.2, 0.25) is 0 Å². The van der Waals surface area contributed by atoms with Crippen LogP contribution in [-0.4, -0.2) is 24.8 Å². The van der Waals surface area contributed by atoms with Crippen LogP contribution in [0.15, 0.2) is 48.6 Å². The van der Waals surface area contributed by atoms with Gasteiger partial charge in [0.1, 0.15) is 12.6 Å². The highest BCUT2D eigenvalue weighted by Crippen LogP contribution is 2.49. The second-order valence-electron chi connectivity index (χ2n) is 7.34. The molecule has 2 aliphatic rings. The van der Waals surface area contributed by atoms with Crippen molar-refractivity contribution in [1.29, 1.82) is 0 Å². The summed E-state index contributed by atoms with van der Waals surface area (Å²) in [5.74, 6) is 0.655. The molecule has 0 saturated heterocycles. The summed E-state index contributed by atoms with van der Waals surface area (Å²) in [7, 11) is 0. The lowest BCUT2D eigenvalue weighted by atomic mass is 9.84. The summed E-state index contributed by atoms with van der Waals surface area (Å²) < 4.78 is 18.5. The molecule has 2 aliphatic carbocycles. The number of hydrogen-bond acceptors (Lipinski definition) is 3. The molecule has 5 heteroatoms. The summed E-state index contributed by atoms with van der Waals surface area (Å²) in [5.41, 5.74) is 2.43. The van der Waals surface area contributed by atoms with Gasteiger partial charge in [-0.2, -0.15) is 4.39 Å². The number of rotatable bonds is 6. The van der Waals surface area contributed by atoms with Crippen molar-refractivity contribution < 1.29 is 18.7 Å². The maximum Gasteiger partial charge on any atom is 0.407 e. The minimum atomic E-state index is -1.54. The van der Waals surface area contributed by atoms with Gasteiger partial charge in [0.25, 0.3) is 0 Å². The molecule has 138 valence electrons. The average Bonchev–Trinajstić information content (AvgIpc) is 2.93. The number of fused-ring (bicyclic) bond motifs is 3. The van der Waals surface area contributed by atoms with E-state index in [0.717, 1.165) is 0 Å². The first-order valence-electron chi connectivity index (χ1n) is 9.03. The smallest absolute Gasteiger partial charge is 0.407 e. The molecular weight excluding hydrogens is 333 g/mol. The Morgan fingerprint density at radius 1 is 1.15 bits per heavy atom. The number of nitrogens with one attached hydrogen (secondary N) is 1. The van der Waals surface area contributed by atoms with Gasteiger partial charge in [0, 0.05) is 11.8 Å². The minimum Gasteiger partial charge on any atom is -0.449 e. The molecule has 1 aromatic rings. The van der Waals surface area contributed by atoms with E-state index in [1.807, 2.05) is 38.1 Å². The van der Waals surface area contributed by atoms with Gasteiger partial charge in [0.05, 0.1) is 0 Å². The highest BCUT2D eigenvalue weighted by molar-refractivity contribution is 5.80. The Balaban J connectivity index is 1.65. The van der Waals surface area contributed by atoms with Crippen LogP contribution in [0.25, 0.3) is 0 Å². The topological polar surface area (TPSA) is 55.4 Å². The van der Waals surface area contributed by atoms with Gasteiger partial charge in [-0.05, 0) is 29.4 Å². The van der Waals surface area contributed by atoms with Gasteiger partial charge in [-0.1, -0.05) is 62.4 Å². The second-order valence-corrected chi connectivity index (χ2v) is 7.34. The monoisotopic (exact) mass is 357 g/mol. The van der Waals surface area contributed by atoms with Gasteiger partial charge in [-0.25, -0.2) is 4.79 Å². The third kappa shape index (κ3) is 3.87. The SMILES string of the molecule is CC(C)CC(NC(=O)OCC1c2ccccc2C2C=CC=CC21)C(=O)F. The van der Waals surface area contributed by atoms with Crippen LogP contribution < -0.4 is 5.32 Å². The van der Waals surface area contributed by atoms with Crippen molar-refractivity contribution in [3.63, 3.8) is 0 Å². The van der Waals surface area contributed by atoms with Crippen LogP contribution in [0.5, 0.6) is 0 Å². The molecule has 1 aromatic carbocycles. The van der Waals surface area contributed by atoms with Crippen LogP contribution in [0.3, 0.4) is 0 Å². The number of ether oxygens (including phenoxy) is 1. The summed E-state index contributed by atoms with van der Waals surface area (Å²) in [5, 5.41) is 2.35. The molecule has 0 heterocycles. The van der Waals surface area contributed by atoms with Crippen LogP contribution in [0.2, 0.25) is 0 Å². The molecule has 0 aromatic heterocycles. The number of carbonyl (C=O) groups excluding carboxylic acids is 2. The average molecular weight is 357 g/mol. The Kier molecular flexibility index (Phi) is 5.55. The van der Waals surface area contributed by atoms with E-state index in [-0.39, 0.29) is 36.7 Å². The standard InChI is InChI=1S/C21H24FNO3/c1-13(2)11-19(20(22)24)23-21(25)26-12-18-16-9-5-3-7-14(16)15-8-4-6-10-17(15)18/h3-10,13-14,16,18-19H,11-12H2,1-2H3,(H,23,25). The zero-order valence-corrected chi connectivity index (χ0v) is 15.0. The van der Waals surface area contributed by atoms with Crippen molar-refractivity contribution in [3.8, 4) is 0 Å². The summed E-state index contributed by atoms with van der Waals surface area (Å²) in [6.45, 7) is 3.92. The van der Waals surface area contributed by atoms with E-state index >= 15 is 0 Å². The molecule has 0 aliphatic heterocycles. The molecule has 4 nitrogen and oxygen atoms in total. The van der Waals surface area contributed by atoms with Crippen molar-refractivity contribution in [2.24, 2.45) is 11.8 Å². The fraction of sp³-hybridized carbons (Fsp3) is 0.429.